The topological polar surface area (TPSA) is 102 Å². The van der Waals surface area contributed by atoms with E-state index in [1.807, 2.05) is 19.1 Å². The Morgan fingerprint density at radius 3 is 2.70 bits per heavy atom. The third-order valence-corrected chi connectivity index (χ3v) is 5.93. The lowest BCUT2D eigenvalue weighted by atomic mass is 9.76. The van der Waals surface area contributed by atoms with Crippen LogP contribution in [-0.4, -0.2) is 63.1 Å². The van der Waals surface area contributed by atoms with Crippen LogP contribution in [0.3, 0.4) is 0 Å². The molecule has 0 amide bonds. The molecule has 1 aromatic carbocycles. The summed E-state index contributed by atoms with van der Waals surface area (Å²) < 4.78 is 43.3. The van der Waals surface area contributed by atoms with Crippen LogP contribution in [0.25, 0.3) is 10.9 Å². The fourth-order valence-corrected chi connectivity index (χ4v) is 4.39. The van der Waals surface area contributed by atoms with Gasteiger partial charge in [0, 0.05) is 31.6 Å². The Morgan fingerprint density at radius 2 is 2.00 bits per heavy atom. The van der Waals surface area contributed by atoms with Crippen molar-refractivity contribution in [3.8, 4) is 0 Å². The number of piperidine rings is 1. The number of alkyl halides is 3. The number of carbonyl (C=O) groups is 1. The molecule has 0 radical (unpaired) electrons. The molecule has 33 heavy (non-hydrogen) atoms. The second-order valence-electron chi connectivity index (χ2n) is 8.21. The Bertz CT molecular complexity index is 1140. The number of para-hydroxylation sites is 1. The number of fused-ring (bicyclic) bond motifs is 2. The first-order valence-electron chi connectivity index (χ1n) is 10.5. The van der Waals surface area contributed by atoms with Crippen molar-refractivity contribution in [1.29, 1.82) is 0 Å². The minimum atomic E-state index is -5.08. The first-order valence-corrected chi connectivity index (χ1v) is 10.5. The molecule has 2 aromatic heterocycles. The summed E-state index contributed by atoms with van der Waals surface area (Å²) in [6, 6.07) is 12.5. The van der Waals surface area contributed by atoms with E-state index in [9.17, 15) is 13.2 Å². The fourth-order valence-electron chi connectivity index (χ4n) is 4.39. The predicted octanol–water partition coefficient (Wildman–Crippen LogP) is 3.49. The van der Waals surface area contributed by atoms with Crippen LogP contribution >= 0.6 is 0 Å². The van der Waals surface area contributed by atoms with E-state index < -0.39 is 12.1 Å². The number of ether oxygens (including phenoxy) is 1. The maximum atomic E-state index is 10.6. The Kier molecular flexibility index (Phi) is 6.35. The lowest BCUT2D eigenvalue weighted by Crippen LogP contribution is -2.52. The molecule has 1 N–H and O–H groups in total. The fraction of sp³-hybridized carbons (Fsp3) is 0.455. The van der Waals surface area contributed by atoms with Gasteiger partial charge in [0.25, 0.3) is 0 Å². The van der Waals surface area contributed by atoms with Gasteiger partial charge >= 0.3 is 12.1 Å². The highest BCUT2D eigenvalue weighted by molar-refractivity contribution is 5.78. The van der Waals surface area contributed by atoms with Gasteiger partial charge in [-0.15, -0.1) is 0 Å². The molecule has 2 aliphatic rings. The Hall–Kier alpha value is -3.05. The molecule has 11 heteroatoms. The molecule has 2 fully saturated rings. The van der Waals surface area contributed by atoms with E-state index in [-0.39, 0.29) is 11.5 Å². The van der Waals surface area contributed by atoms with Crippen molar-refractivity contribution in [3.05, 3.63) is 53.8 Å². The van der Waals surface area contributed by atoms with E-state index in [0.717, 1.165) is 56.2 Å². The van der Waals surface area contributed by atoms with E-state index in [2.05, 4.69) is 39.3 Å². The zero-order valence-electron chi connectivity index (χ0n) is 17.9. The van der Waals surface area contributed by atoms with Crippen LogP contribution in [-0.2, 0) is 21.5 Å². The van der Waals surface area contributed by atoms with Crippen LogP contribution in [0.1, 0.15) is 30.3 Å². The number of pyridine rings is 1. The van der Waals surface area contributed by atoms with E-state index in [1.165, 1.54) is 5.39 Å². The lowest BCUT2D eigenvalue weighted by molar-refractivity contribution is -0.192. The van der Waals surface area contributed by atoms with E-state index in [1.54, 1.807) is 0 Å². The Balaban J connectivity index is 0.000000325. The highest BCUT2D eigenvalue weighted by Gasteiger charge is 2.52. The van der Waals surface area contributed by atoms with Crippen LogP contribution in [0.15, 0.2) is 40.9 Å². The van der Waals surface area contributed by atoms with Gasteiger partial charge in [0.15, 0.2) is 5.82 Å². The zero-order valence-corrected chi connectivity index (χ0v) is 17.9. The molecule has 8 nitrogen and oxygen atoms in total. The van der Waals surface area contributed by atoms with Gasteiger partial charge in [-0.1, -0.05) is 29.4 Å². The molecule has 2 saturated heterocycles. The first-order chi connectivity index (χ1) is 15.7. The number of hydrogen-bond donors (Lipinski definition) is 1. The van der Waals surface area contributed by atoms with Crippen molar-refractivity contribution in [3.63, 3.8) is 0 Å². The minimum Gasteiger partial charge on any atom is -0.475 e. The number of hydrogen-bond acceptors (Lipinski definition) is 7. The summed E-state index contributed by atoms with van der Waals surface area (Å²) in [5.41, 5.74) is 1.96. The average molecular weight is 464 g/mol. The summed E-state index contributed by atoms with van der Waals surface area (Å²) in [7, 11) is 0. The summed E-state index contributed by atoms with van der Waals surface area (Å²) in [6.45, 7) is 5.32. The van der Waals surface area contributed by atoms with Gasteiger partial charge in [-0.3, -0.25) is 9.88 Å². The van der Waals surface area contributed by atoms with Gasteiger partial charge < -0.3 is 14.4 Å². The second kappa shape index (κ2) is 9.06. The number of aryl methyl sites for hydroxylation is 1. The van der Waals surface area contributed by atoms with Gasteiger partial charge in [0.05, 0.1) is 22.7 Å². The highest BCUT2D eigenvalue weighted by atomic mass is 19.4. The van der Waals surface area contributed by atoms with Crippen molar-refractivity contribution >= 4 is 16.9 Å². The van der Waals surface area contributed by atoms with Crippen LogP contribution in [0.4, 0.5) is 13.2 Å². The van der Waals surface area contributed by atoms with Crippen molar-refractivity contribution in [2.75, 3.05) is 19.7 Å². The SMILES string of the molecule is Cc1noc([C@@]23CCO[C@@H]2CCN(Cc2ccc4ccccc4n2)C3)n1.O=C(O)C(F)(F)F. The molecule has 4 heterocycles. The second-order valence-corrected chi connectivity index (χ2v) is 8.21. The monoisotopic (exact) mass is 464 g/mol. The minimum absolute atomic E-state index is 0.170. The van der Waals surface area contributed by atoms with Gasteiger partial charge in [0.1, 0.15) is 0 Å². The van der Waals surface area contributed by atoms with E-state index in [0.29, 0.717) is 5.82 Å². The molecule has 5 rings (SSSR count). The van der Waals surface area contributed by atoms with Crippen molar-refractivity contribution in [2.45, 2.75) is 44.0 Å². The molecule has 2 atom stereocenters. The van der Waals surface area contributed by atoms with E-state index >= 15 is 0 Å². The molecule has 0 bridgehead atoms. The molecular weight excluding hydrogens is 441 g/mol. The summed E-state index contributed by atoms with van der Waals surface area (Å²) in [5.74, 6) is -1.34. The first kappa shape index (κ1) is 23.1. The number of nitrogens with zero attached hydrogens (tertiary/aromatic N) is 4. The highest BCUT2D eigenvalue weighted by Crippen LogP contribution is 2.43. The molecule has 0 saturated carbocycles. The van der Waals surface area contributed by atoms with Crippen molar-refractivity contribution in [2.24, 2.45) is 0 Å². The largest absolute Gasteiger partial charge is 0.490 e. The number of aromatic nitrogens is 3. The quantitative estimate of drug-likeness (QED) is 0.629. The van der Waals surface area contributed by atoms with Gasteiger partial charge in [0.2, 0.25) is 5.89 Å². The molecule has 0 unspecified atom stereocenters. The summed E-state index contributed by atoms with van der Waals surface area (Å²) >= 11 is 0. The van der Waals surface area contributed by atoms with Crippen LogP contribution in [0.2, 0.25) is 0 Å². The molecular formula is C22H23F3N4O4. The molecule has 0 aliphatic carbocycles. The van der Waals surface area contributed by atoms with Crippen LogP contribution in [0.5, 0.6) is 0 Å². The maximum absolute atomic E-state index is 10.6. The number of carboxylic acid groups (broad SMARTS) is 1. The maximum Gasteiger partial charge on any atom is 0.490 e. The van der Waals surface area contributed by atoms with Crippen molar-refractivity contribution in [1.82, 2.24) is 20.0 Å². The Labute approximate surface area is 187 Å². The molecule has 0 spiro atoms. The number of benzene rings is 1. The number of likely N-dealkylation sites (tertiary alicyclic amines) is 1. The summed E-state index contributed by atoms with van der Waals surface area (Å²) in [5, 5.41) is 12.3. The van der Waals surface area contributed by atoms with E-state index in [4.69, 9.17) is 24.1 Å². The van der Waals surface area contributed by atoms with Crippen LogP contribution in [0, 0.1) is 6.92 Å². The Morgan fingerprint density at radius 1 is 1.24 bits per heavy atom. The van der Waals surface area contributed by atoms with Gasteiger partial charge in [-0.05, 0) is 31.9 Å². The van der Waals surface area contributed by atoms with Gasteiger partial charge in [-0.25, -0.2) is 4.79 Å². The smallest absolute Gasteiger partial charge is 0.475 e. The molecule has 176 valence electrons. The summed E-state index contributed by atoms with van der Waals surface area (Å²) in [4.78, 5) is 20.7. The van der Waals surface area contributed by atoms with Crippen LogP contribution < -0.4 is 0 Å². The number of carboxylic acids is 1. The van der Waals surface area contributed by atoms with Crippen molar-refractivity contribution < 1.29 is 32.3 Å². The number of rotatable bonds is 3. The standard InChI is InChI=1S/C20H22N4O2.C2HF3O2/c1-14-21-19(26-23-14)20-9-11-25-18(20)8-10-24(13-20)12-16-7-6-15-4-2-3-5-17(15)22-16;3-2(4,5)1(6)7/h2-7,18H,8-13H2,1H3;(H,6,7)/t18-,20-;/m1./s1. The normalized spacial score (nSPS) is 23.1. The zero-order chi connectivity index (χ0) is 23.6. The number of aliphatic carboxylic acids is 1. The lowest BCUT2D eigenvalue weighted by Gasteiger charge is -2.41. The molecule has 3 aromatic rings. The summed E-state index contributed by atoms with van der Waals surface area (Å²) in [6.07, 6.45) is -3.00. The average Bonchev–Trinajstić information content (AvgIpc) is 3.40. The molecule has 2 aliphatic heterocycles. The number of halogens is 3. The predicted molar refractivity (Wildman–Crippen MR) is 110 cm³/mol. The third kappa shape index (κ3) is 4.98. The van der Waals surface area contributed by atoms with Gasteiger partial charge in [-0.2, -0.15) is 18.2 Å². The third-order valence-electron chi connectivity index (χ3n) is 5.93.